The lowest BCUT2D eigenvalue weighted by Gasteiger charge is -2.30. The van der Waals surface area contributed by atoms with Crippen molar-refractivity contribution in [1.29, 1.82) is 0 Å². The Balaban J connectivity index is 1.47. The van der Waals surface area contributed by atoms with Crippen LogP contribution in [-0.4, -0.2) is 18.2 Å². The maximum atomic E-state index is 13.2. The van der Waals surface area contributed by atoms with Gasteiger partial charge in [0.15, 0.2) is 0 Å². The molecule has 1 aliphatic heterocycles. The van der Waals surface area contributed by atoms with Gasteiger partial charge in [-0.2, -0.15) is 0 Å². The molecule has 1 aromatic heterocycles. The van der Waals surface area contributed by atoms with Gasteiger partial charge >= 0.3 is 5.63 Å². The zero-order chi connectivity index (χ0) is 22.9. The van der Waals surface area contributed by atoms with Crippen molar-refractivity contribution in [3.05, 3.63) is 110 Å². The molecule has 168 valence electrons. The molecule has 0 atom stereocenters. The summed E-state index contributed by atoms with van der Waals surface area (Å²) in [5, 5.41) is 1.34. The van der Waals surface area contributed by atoms with Crippen LogP contribution in [0.3, 0.4) is 0 Å². The second kappa shape index (κ2) is 9.00. The van der Waals surface area contributed by atoms with Crippen molar-refractivity contribution in [3.8, 4) is 5.75 Å². The Kier molecular flexibility index (Phi) is 5.92. The van der Waals surface area contributed by atoms with Crippen molar-refractivity contribution < 1.29 is 13.5 Å². The van der Waals surface area contributed by atoms with Crippen LogP contribution in [0, 0.1) is 12.7 Å². The van der Waals surface area contributed by atoms with Crippen molar-refractivity contribution >= 4 is 22.6 Å². The highest BCUT2D eigenvalue weighted by atomic mass is 35.5. The first-order chi connectivity index (χ1) is 16.0. The van der Waals surface area contributed by atoms with Gasteiger partial charge in [-0.3, -0.25) is 4.90 Å². The molecule has 33 heavy (non-hydrogen) atoms. The van der Waals surface area contributed by atoms with E-state index < -0.39 is 0 Å². The van der Waals surface area contributed by atoms with Crippen LogP contribution in [0.15, 0.2) is 69.9 Å². The summed E-state index contributed by atoms with van der Waals surface area (Å²) in [4.78, 5) is 15.1. The summed E-state index contributed by atoms with van der Waals surface area (Å²) < 4.78 is 25.0. The summed E-state index contributed by atoms with van der Waals surface area (Å²) in [6.07, 6.45) is 1.25. The summed E-state index contributed by atoms with van der Waals surface area (Å²) in [6, 6.07) is 18.2. The maximum absolute atomic E-state index is 13.2. The summed E-state index contributed by atoms with van der Waals surface area (Å²) in [7, 11) is 0. The fourth-order valence-corrected chi connectivity index (χ4v) is 4.62. The number of fused-ring (bicyclic) bond motifs is 3. The summed E-state index contributed by atoms with van der Waals surface area (Å²) in [6.45, 7) is 3.59. The quantitative estimate of drug-likeness (QED) is 0.347. The SMILES string of the molecule is Cc1c(Cc2ccccc2)c(=O)oc2c3c(c(Cl)cc12)OCN(CCc1ccc(F)cc1)C3. The van der Waals surface area contributed by atoms with Crippen LogP contribution in [0.4, 0.5) is 4.39 Å². The Morgan fingerprint density at radius 2 is 1.82 bits per heavy atom. The summed E-state index contributed by atoms with van der Waals surface area (Å²) >= 11 is 6.58. The zero-order valence-electron chi connectivity index (χ0n) is 18.2. The lowest BCUT2D eigenvalue weighted by atomic mass is 9.97. The molecule has 0 unspecified atom stereocenters. The lowest BCUT2D eigenvalue weighted by Crippen LogP contribution is -2.34. The summed E-state index contributed by atoms with van der Waals surface area (Å²) in [5.74, 6) is 0.327. The second-order valence-corrected chi connectivity index (χ2v) is 8.81. The number of hydrogen-bond acceptors (Lipinski definition) is 4. The largest absolute Gasteiger partial charge is 0.476 e. The van der Waals surface area contributed by atoms with Crippen LogP contribution in [0.25, 0.3) is 11.0 Å². The monoisotopic (exact) mass is 463 g/mol. The van der Waals surface area contributed by atoms with Crippen molar-refractivity contribution in [2.24, 2.45) is 0 Å². The minimum absolute atomic E-state index is 0.243. The van der Waals surface area contributed by atoms with Crippen molar-refractivity contribution in [3.63, 3.8) is 0 Å². The highest BCUT2D eigenvalue weighted by molar-refractivity contribution is 6.33. The number of halogens is 2. The molecule has 0 saturated carbocycles. The third-order valence-electron chi connectivity index (χ3n) is 6.21. The number of benzene rings is 3. The average molecular weight is 464 g/mol. The van der Waals surface area contributed by atoms with Gasteiger partial charge in [0.05, 0.1) is 10.6 Å². The Bertz CT molecular complexity index is 1370. The van der Waals surface area contributed by atoms with Crippen LogP contribution >= 0.6 is 11.6 Å². The normalized spacial score (nSPS) is 13.7. The van der Waals surface area contributed by atoms with E-state index in [1.807, 2.05) is 43.3 Å². The molecular formula is C27H23ClFNO3. The Labute approximate surface area is 196 Å². The molecule has 5 rings (SSSR count). The van der Waals surface area contributed by atoms with E-state index >= 15 is 0 Å². The van der Waals surface area contributed by atoms with Crippen LogP contribution in [0.1, 0.15) is 27.8 Å². The van der Waals surface area contributed by atoms with E-state index in [2.05, 4.69) is 4.90 Å². The first-order valence-electron chi connectivity index (χ1n) is 10.9. The molecule has 0 spiro atoms. The van der Waals surface area contributed by atoms with E-state index in [-0.39, 0.29) is 11.4 Å². The van der Waals surface area contributed by atoms with Gasteiger partial charge in [0.2, 0.25) is 0 Å². The lowest BCUT2D eigenvalue weighted by molar-refractivity contribution is 0.0968. The van der Waals surface area contributed by atoms with Gasteiger partial charge in [-0.05, 0) is 48.2 Å². The number of rotatable bonds is 5. The zero-order valence-corrected chi connectivity index (χ0v) is 19.0. The third-order valence-corrected chi connectivity index (χ3v) is 6.49. The predicted octanol–water partition coefficient (Wildman–Crippen LogP) is 5.88. The van der Waals surface area contributed by atoms with Gasteiger partial charge in [-0.1, -0.05) is 54.1 Å². The number of hydrogen-bond donors (Lipinski definition) is 0. The molecule has 4 aromatic rings. The minimum Gasteiger partial charge on any atom is -0.476 e. The smallest absolute Gasteiger partial charge is 0.340 e. The van der Waals surface area contributed by atoms with E-state index in [1.165, 1.54) is 12.1 Å². The molecule has 6 heteroatoms. The molecule has 0 aliphatic carbocycles. The molecule has 4 nitrogen and oxygen atoms in total. The fourth-order valence-electron chi connectivity index (χ4n) is 4.34. The predicted molar refractivity (Wildman–Crippen MR) is 127 cm³/mol. The third kappa shape index (κ3) is 4.39. The molecule has 0 saturated heterocycles. The van der Waals surface area contributed by atoms with Gasteiger partial charge in [0, 0.05) is 30.5 Å². The van der Waals surface area contributed by atoms with Crippen molar-refractivity contribution in [2.45, 2.75) is 26.3 Å². The molecule has 0 bridgehead atoms. The first-order valence-corrected chi connectivity index (χ1v) is 11.3. The molecule has 0 fully saturated rings. The minimum atomic E-state index is -0.336. The van der Waals surface area contributed by atoms with Crippen molar-refractivity contribution in [1.82, 2.24) is 4.90 Å². The molecule has 1 aliphatic rings. The Morgan fingerprint density at radius 1 is 1.06 bits per heavy atom. The molecule has 2 heterocycles. The van der Waals surface area contributed by atoms with Crippen molar-refractivity contribution in [2.75, 3.05) is 13.3 Å². The van der Waals surface area contributed by atoms with E-state index in [1.54, 1.807) is 12.1 Å². The molecule has 0 radical (unpaired) electrons. The van der Waals surface area contributed by atoms with E-state index in [4.69, 9.17) is 20.8 Å². The van der Waals surface area contributed by atoms with Gasteiger partial charge < -0.3 is 9.15 Å². The van der Waals surface area contributed by atoms with E-state index in [9.17, 15) is 9.18 Å². The highest BCUT2D eigenvalue weighted by Gasteiger charge is 2.26. The standard InChI is InChI=1S/C27H23ClFNO3/c1-17-21-14-24(28)26-23(15-30(16-32-26)12-11-18-7-9-20(29)10-8-18)25(21)33-27(31)22(17)13-19-5-3-2-4-6-19/h2-10,14H,11-13,15-16H2,1H3. The van der Waals surface area contributed by atoms with Gasteiger partial charge in [-0.15, -0.1) is 0 Å². The average Bonchev–Trinajstić information content (AvgIpc) is 2.83. The van der Waals surface area contributed by atoms with Gasteiger partial charge in [0.25, 0.3) is 0 Å². The second-order valence-electron chi connectivity index (χ2n) is 8.40. The van der Waals surface area contributed by atoms with Crippen LogP contribution in [0.5, 0.6) is 5.75 Å². The number of ether oxygens (including phenoxy) is 1. The van der Waals surface area contributed by atoms with Gasteiger partial charge in [0.1, 0.15) is 23.9 Å². The topological polar surface area (TPSA) is 42.7 Å². The fraction of sp³-hybridized carbons (Fsp3) is 0.222. The highest BCUT2D eigenvalue weighted by Crippen LogP contribution is 2.39. The molecule has 0 N–H and O–H groups in total. The molecular weight excluding hydrogens is 441 g/mol. The maximum Gasteiger partial charge on any atom is 0.340 e. The molecule has 3 aromatic carbocycles. The molecule has 0 amide bonds. The van der Waals surface area contributed by atoms with Crippen LogP contribution < -0.4 is 10.4 Å². The number of aryl methyl sites for hydroxylation is 1. The summed E-state index contributed by atoms with van der Waals surface area (Å²) in [5.41, 5.74) is 4.58. The Hall–Kier alpha value is -3.15. The van der Waals surface area contributed by atoms with E-state index in [0.717, 1.165) is 34.1 Å². The number of nitrogens with zero attached hydrogens (tertiary/aromatic N) is 1. The van der Waals surface area contributed by atoms with Gasteiger partial charge in [-0.25, -0.2) is 9.18 Å². The van der Waals surface area contributed by atoms with E-state index in [0.29, 0.717) is 48.2 Å². The Morgan fingerprint density at radius 3 is 2.58 bits per heavy atom. The first kappa shape index (κ1) is 21.7. The van der Waals surface area contributed by atoms with Crippen LogP contribution in [0.2, 0.25) is 5.02 Å². The van der Waals surface area contributed by atoms with Crippen LogP contribution in [-0.2, 0) is 19.4 Å².